The van der Waals surface area contributed by atoms with Crippen LogP contribution in [0.4, 0.5) is 10.1 Å². The van der Waals surface area contributed by atoms with Crippen molar-refractivity contribution in [3.63, 3.8) is 0 Å². The number of halogens is 2. The van der Waals surface area contributed by atoms with Gasteiger partial charge in [-0.15, -0.1) is 0 Å². The molecule has 27 heavy (non-hydrogen) atoms. The molecule has 0 bridgehead atoms. The largest absolute Gasteiger partial charge is 0.274 e. The molecule has 0 radical (unpaired) electrons. The number of fused-ring (bicyclic) bond motifs is 1. The van der Waals surface area contributed by atoms with Gasteiger partial charge in [0.1, 0.15) is 5.82 Å². The van der Waals surface area contributed by atoms with Gasteiger partial charge >= 0.3 is 0 Å². The van der Waals surface area contributed by atoms with Gasteiger partial charge in [0, 0.05) is 10.6 Å². The average Bonchev–Trinajstić information content (AvgIpc) is 3.05. The number of allylic oxidation sites excluding steroid dienone is 2. The molecule has 1 aliphatic heterocycles. The summed E-state index contributed by atoms with van der Waals surface area (Å²) in [7, 11) is 0. The predicted octanol–water partition coefficient (Wildman–Crippen LogP) is 3.80. The fraction of sp³-hybridized carbons (Fsp3) is 0.350. The molecule has 1 aromatic carbocycles. The molecule has 2 aromatic rings. The van der Waals surface area contributed by atoms with E-state index in [2.05, 4.69) is 5.10 Å². The summed E-state index contributed by atoms with van der Waals surface area (Å²) in [5.74, 6) is -1.37. The Morgan fingerprint density at radius 1 is 1.15 bits per heavy atom. The fourth-order valence-electron chi connectivity index (χ4n) is 4.02. The Bertz CT molecular complexity index is 936. The summed E-state index contributed by atoms with van der Waals surface area (Å²) in [6.07, 6.45) is 5.09. The van der Waals surface area contributed by atoms with Gasteiger partial charge in [0.25, 0.3) is 0 Å². The number of nitrogens with zero attached hydrogens (tertiary/aromatic N) is 3. The van der Waals surface area contributed by atoms with Gasteiger partial charge in [-0.1, -0.05) is 29.8 Å². The number of rotatable bonds is 3. The fourth-order valence-corrected chi connectivity index (χ4v) is 4.24. The van der Waals surface area contributed by atoms with E-state index in [1.54, 1.807) is 30.7 Å². The molecule has 0 saturated carbocycles. The molecule has 2 heterocycles. The summed E-state index contributed by atoms with van der Waals surface area (Å²) in [5.41, 5.74) is 2.04. The molecule has 2 aliphatic rings. The van der Waals surface area contributed by atoms with Crippen LogP contribution in [0.5, 0.6) is 0 Å². The molecule has 2 amide bonds. The van der Waals surface area contributed by atoms with Crippen molar-refractivity contribution in [3.05, 3.63) is 58.1 Å². The number of benzene rings is 1. The van der Waals surface area contributed by atoms with Crippen LogP contribution >= 0.6 is 11.6 Å². The molecule has 5 nitrogen and oxygen atoms in total. The first kappa shape index (κ1) is 17.9. The van der Waals surface area contributed by atoms with Gasteiger partial charge in [0.15, 0.2) is 0 Å². The van der Waals surface area contributed by atoms with Crippen molar-refractivity contribution in [1.29, 1.82) is 0 Å². The van der Waals surface area contributed by atoms with E-state index in [-0.39, 0.29) is 30.2 Å². The lowest BCUT2D eigenvalue weighted by atomic mass is 9.85. The smallest absolute Gasteiger partial charge is 0.238 e. The molecule has 1 aliphatic carbocycles. The normalized spacial score (nSPS) is 21.9. The van der Waals surface area contributed by atoms with Crippen LogP contribution < -0.4 is 4.90 Å². The second kappa shape index (κ2) is 6.60. The third kappa shape index (κ3) is 2.79. The molecule has 2 unspecified atom stereocenters. The van der Waals surface area contributed by atoms with Crippen molar-refractivity contribution in [2.24, 2.45) is 11.8 Å². The van der Waals surface area contributed by atoms with E-state index in [1.165, 1.54) is 11.0 Å². The van der Waals surface area contributed by atoms with Crippen molar-refractivity contribution in [1.82, 2.24) is 9.78 Å². The summed E-state index contributed by atoms with van der Waals surface area (Å²) >= 11 is 6.13. The van der Waals surface area contributed by atoms with E-state index in [0.717, 1.165) is 0 Å². The minimum atomic E-state index is -0.415. The number of hydrogen-bond donors (Lipinski definition) is 0. The Morgan fingerprint density at radius 3 is 2.37 bits per heavy atom. The second-order valence-electron chi connectivity index (χ2n) is 7.04. The van der Waals surface area contributed by atoms with Gasteiger partial charge in [0.05, 0.1) is 35.5 Å². The van der Waals surface area contributed by atoms with Gasteiger partial charge in [-0.3, -0.25) is 14.3 Å². The first-order valence-electron chi connectivity index (χ1n) is 8.90. The van der Waals surface area contributed by atoms with Crippen LogP contribution in [0.2, 0.25) is 5.02 Å². The standard InChI is InChI=1S/C20H19ClFN3O2/c1-11-18(25-19(26)13-6-3-4-7-14(13)20(25)27)12(2)24(23-11)10-15-16(21)8-5-9-17(15)22/h3-5,8-9,13-14H,6-7,10H2,1-2H3. The number of imide groups is 1. The molecule has 0 spiro atoms. The van der Waals surface area contributed by atoms with E-state index < -0.39 is 5.82 Å². The molecule has 1 fully saturated rings. The number of carbonyl (C=O) groups excluding carboxylic acids is 2. The van der Waals surface area contributed by atoms with E-state index >= 15 is 0 Å². The molecule has 0 N–H and O–H groups in total. The molecular weight excluding hydrogens is 369 g/mol. The van der Waals surface area contributed by atoms with Gasteiger partial charge in [-0.25, -0.2) is 9.29 Å². The van der Waals surface area contributed by atoms with E-state index in [9.17, 15) is 14.0 Å². The van der Waals surface area contributed by atoms with Crippen molar-refractivity contribution in [2.75, 3.05) is 4.90 Å². The summed E-state index contributed by atoms with van der Waals surface area (Å²) < 4.78 is 15.7. The van der Waals surface area contributed by atoms with Gasteiger partial charge < -0.3 is 0 Å². The highest BCUT2D eigenvalue weighted by atomic mass is 35.5. The molecule has 1 aromatic heterocycles. The lowest BCUT2D eigenvalue weighted by Gasteiger charge is -2.15. The summed E-state index contributed by atoms with van der Waals surface area (Å²) in [5, 5.41) is 4.76. The zero-order chi connectivity index (χ0) is 19.3. The van der Waals surface area contributed by atoms with E-state index in [0.29, 0.717) is 40.5 Å². The number of anilines is 1. The maximum atomic E-state index is 14.2. The van der Waals surface area contributed by atoms with E-state index in [1.807, 2.05) is 12.2 Å². The summed E-state index contributed by atoms with van der Waals surface area (Å²) in [6, 6.07) is 4.52. The Labute approximate surface area is 161 Å². The SMILES string of the molecule is Cc1nn(Cc2c(F)cccc2Cl)c(C)c1N1C(=O)C2CC=CCC2C1=O. The first-order chi connectivity index (χ1) is 12.9. The highest BCUT2D eigenvalue weighted by molar-refractivity contribution is 6.31. The minimum Gasteiger partial charge on any atom is -0.274 e. The van der Waals surface area contributed by atoms with E-state index in [4.69, 9.17) is 11.6 Å². The summed E-state index contributed by atoms with van der Waals surface area (Å²) in [4.78, 5) is 27.0. The third-order valence-corrected chi connectivity index (χ3v) is 5.80. The number of carbonyl (C=O) groups is 2. The van der Waals surface area contributed by atoms with Gasteiger partial charge in [-0.2, -0.15) is 5.10 Å². The predicted molar refractivity (Wildman–Crippen MR) is 100 cm³/mol. The number of hydrogen-bond acceptors (Lipinski definition) is 3. The Morgan fingerprint density at radius 2 is 1.78 bits per heavy atom. The molecular formula is C20H19ClFN3O2. The maximum absolute atomic E-state index is 14.2. The molecule has 140 valence electrons. The molecule has 1 saturated heterocycles. The van der Waals surface area contributed by atoms with Crippen molar-refractivity contribution in [2.45, 2.75) is 33.2 Å². The Hall–Kier alpha value is -2.47. The van der Waals surface area contributed by atoms with Crippen LogP contribution in [0.1, 0.15) is 29.8 Å². The zero-order valence-corrected chi connectivity index (χ0v) is 15.8. The first-order valence-corrected chi connectivity index (χ1v) is 9.27. The minimum absolute atomic E-state index is 0.128. The van der Waals surface area contributed by atoms with Gasteiger partial charge in [-0.05, 0) is 38.8 Å². The van der Waals surface area contributed by atoms with Crippen LogP contribution in [0.25, 0.3) is 0 Å². The van der Waals surface area contributed by atoms with Crippen LogP contribution in [0.15, 0.2) is 30.4 Å². The van der Waals surface area contributed by atoms with Crippen molar-refractivity contribution >= 4 is 29.1 Å². The quantitative estimate of drug-likeness (QED) is 0.594. The zero-order valence-electron chi connectivity index (χ0n) is 15.1. The molecule has 4 rings (SSSR count). The van der Waals surface area contributed by atoms with Crippen molar-refractivity contribution < 1.29 is 14.0 Å². The maximum Gasteiger partial charge on any atom is 0.238 e. The highest BCUT2D eigenvalue weighted by Crippen LogP contribution is 2.40. The lowest BCUT2D eigenvalue weighted by molar-refractivity contribution is -0.122. The van der Waals surface area contributed by atoms with Crippen LogP contribution in [0.3, 0.4) is 0 Å². The Kier molecular flexibility index (Phi) is 4.38. The van der Waals surface area contributed by atoms with Crippen molar-refractivity contribution in [3.8, 4) is 0 Å². The topological polar surface area (TPSA) is 55.2 Å². The number of aromatic nitrogens is 2. The lowest BCUT2D eigenvalue weighted by Crippen LogP contribution is -2.31. The Balaban J connectivity index is 1.72. The van der Waals surface area contributed by atoms with Gasteiger partial charge in [0.2, 0.25) is 11.8 Å². The number of aryl methyl sites for hydroxylation is 1. The average molecular weight is 388 g/mol. The third-order valence-electron chi connectivity index (χ3n) is 5.44. The second-order valence-corrected chi connectivity index (χ2v) is 7.45. The number of amides is 2. The summed E-state index contributed by atoms with van der Waals surface area (Å²) in [6.45, 7) is 3.66. The molecule has 7 heteroatoms. The van der Waals surface area contributed by atoms with Crippen LogP contribution in [-0.2, 0) is 16.1 Å². The monoisotopic (exact) mass is 387 g/mol. The highest BCUT2D eigenvalue weighted by Gasteiger charge is 2.49. The van der Waals surface area contributed by atoms with Crippen LogP contribution in [-0.4, -0.2) is 21.6 Å². The van der Waals surface area contributed by atoms with Crippen LogP contribution in [0, 0.1) is 31.5 Å². The molecule has 2 atom stereocenters.